The predicted octanol–water partition coefficient (Wildman–Crippen LogP) is 3.65. The van der Waals surface area contributed by atoms with Crippen LogP contribution in [0.25, 0.3) is 16.7 Å². The Bertz CT molecular complexity index is 1230. The van der Waals surface area contributed by atoms with Crippen molar-refractivity contribution in [2.24, 2.45) is 0 Å². The second-order valence-corrected chi connectivity index (χ2v) is 6.07. The number of carbonyl (C=O) groups excluding carboxylic acids is 1. The number of methoxy groups -OCH3 is 1. The Hall–Kier alpha value is -3.64. The number of alkyl halides is 6. The number of nitrogens with one attached hydrogen (secondary N) is 1. The molecule has 3 rings (SSSR count). The van der Waals surface area contributed by atoms with Gasteiger partial charge in [0.25, 0.3) is 5.56 Å². The minimum Gasteiger partial charge on any atom is -0.465 e. The molecule has 3 aromatic heterocycles. The summed E-state index contributed by atoms with van der Waals surface area (Å²) in [4.78, 5) is 32.0. The first-order valence-electron chi connectivity index (χ1n) is 8.37. The second kappa shape index (κ2) is 7.56. The number of rotatable bonds is 3. The standard InChI is InChI=1S/C18H12F6N4O3/c1-25-12-8-5-6-10(17(19,20)21)27-14(8)28(15(29)11(12)16(30)31-2)9-4-3-7-26-13(9)18(22,23)24/h3-7,25H,1-2H3. The summed E-state index contributed by atoms with van der Waals surface area (Å²) in [7, 11) is 2.21. The molecule has 0 fully saturated rings. The smallest absolute Gasteiger partial charge is 0.435 e. The molecule has 0 unspecified atom stereocenters. The third-order valence-electron chi connectivity index (χ3n) is 4.25. The van der Waals surface area contributed by atoms with Crippen LogP contribution in [0.15, 0.2) is 35.3 Å². The molecule has 31 heavy (non-hydrogen) atoms. The van der Waals surface area contributed by atoms with Gasteiger partial charge in [-0.15, -0.1) is 0 Å². The van der Waals surface area contributed by atoms with E-state index in [9.17, 15) is 35.9 Å². The van der Waals surface area contributed by atoms with Crippen LogP contribution in [0.2, 0.25) is 0 Å². The van der Waals surface area contributed by atoms with Crippen LogP contribution in [0.5, 0.6) is 0 Å². The number of halogens is 6. The Morgan fingerprint density at radius 1 is 1.10 bits per heavy atom. The number of carbonyl (C=O) groups is 1. The zero-order valence-corrected chi connectivity index (χ0v) is 15.7. The zero-order chi connectivity index (χ0) is 23.1. The molecular formula is C18H12F6N4O3. The summed E-state index contributed by atoms with van der Waals surface area (Å²) in [6.45, 7) is 0. The predicted molar refractivity (Wildman–Crippen MR) is 96.0 cm³/mol. The van der Waals surface area contributed by atoms with Crippen LogP contribution < -0.4 is 10.9 Å². The third kappa shape index (κ3) is 3.78. The quantitative estimate of drug-likeness (QED) is 0.489. The molecule has 0 atom stereocenters. The summed E-state index contributed by atoms with van der Waals surface area (Å²) in [5, 5.41) is 2.29. The number of esters is 1. The van der Waals surface area contributed by atoms with E-state index in [1.807, 2.05) is 0 Å². The van der Waals surface area contributed by atoms with Gasteiger partial charge in [-0.25, -0.2) is 14.8 Å². The van der Waals surface area contributed by atoms with Gasteiger partial charge in [0.1, 0.15) is 16.9 Å². The molecule has 0 bridgehead atoms. The number of pyridine rings is 3. The zero-order valence-electron chi connectivity index (χ0n) is 15.7. The Labute approximate surface area is 169 Å². The van der Waals surface area contributed by atoms with Gasteiger partial charge in [0.05, 0.1) is 18.5 Å². The van der Waals surface area contributed by atoms with Crippen molar-refractivity contribution in [1.82, 2.24) is 14.5 Å². The van der Waals surface area contributed by atoms with E-state index in [0.717, 1.165) is 31.5 Å². The lowest BCUT2D eigenvalue weighted by Crippen LogP contribution is -2.30. The molecule has 0 amide bonds. The van der Waals surface area contributed by atoms with Crippen molar-refractivity contribution in [3.8, 4) is 5.69 Å². The normalized spacial score (nSPS) is 12.1. The van der Waals surface area contributed by atoms with E-state index in [-0.39, 0.29) is 15.6 Å². The van der Waals surface area contributed by atoms with Crippen molar-refractivity contribution in [2.45, 2.75) is 12.4 Å². The molecule has 0 aromatic carbocycles. The lowest BCUT2D eigenvalue weighted by atomic mass is 10.1. The van der Waals surface area contributed by atoms with E-state index < -0.39 is 52.2 Å². The lowest BCUT2D eigenvalue weighted by Gasteiger charge is -2.19. The minimum atomic E-state index is -5.06. The van der Waals surface area contributed by atoms with Gasteiger partial charge in [-0.2, -0.15) is 26.3 Å². The number of aromatic nitrogens is 3. The molecule has 0 aliphatic rings. The molecule has 0 saturated heterocycles. The number of fused-ring (bicyclic) bond motifs is 1. The molecule has 1 N–H and O–H groups in total. The maximum Gasteiger partial charge on any atom is 0.435 e. The highest BCUT2D eigenvalue weighted by molar-refractivity contribution is 6.04. The summed E-state index contributed by atoms with van der Waals surface area (Å²) in [5.41, 5.74) is -6.98. The first kappa shape index (κ1) is 22.1. The van der Waals surface area contributed by atoms with Crippen LogP contribution in [-0.4, -0.2) is 34.7 Å². The van der Waals surface area contributed by atoms with Crippen LogP contribution in [0.1, 0.15) is 21.7 Å². The summed E-state index contributed by atoms with van der Waals surface area (Å²) in [6, 6.07) is 3.36. The van der Waals surface area contributed by atoms with Crippen LogP contribution in [0.4, 0.5) is 32.0 Å². The molecule has 0 spiro atoms. The van der Waals surface area contributed by atoms with Crippen molar-refractivity contribution in [1.29, 1.82) is 0 Å². The Morgan fingerprint density at radius 2 is 1.77 bits per heavy atom. The number of nitrogens with zero attached hydrogens (tertiary/aromatic N) is 3. The fraction of sp³-hybridized carbons (Fsp3) is 0.222. The van der Waals surface area contributed by atoms with Crippen LogP contribution in [0.3, 0.4) is 0 Å². The fourth-order valence-electron chi connectivity index (χ4n) is 2.99. The molecule has 0 aliphatic heterocycles. The van der Waals surface area contributed by atoms with Gasteiger partial charge in [-0.3, -0.25) is 9.36 Å². The number of ether oxygens (including phenoxy) is 1. The van der Waals surface area contributed by atoms with E-state index in [0.29, 0.717) is 6.07 Å². The van der Waals surface area contributed by atoms with Crippen molar-refractivity contribution in [2.75, 3.05) is 19.5 Å². The molecule has 3 aromatic rings. The fourth-order valence-corrected chi connectivity index (χ4v) is 2.99. The van der Waals surface area contributed by atoms with Gasteiger partial charge < -0.3 is 10.1 Å². The first-order chi connectivity index (χ1) is 14.4. The minimum absolute atomic E-state index is 0.215. The highest BCUT2D eigenvalue weighted by Gasteiger charge is 2.38. The number of hydrogen-bond donors (Lipinski definition) is 1. The van der Waals surface area contributed by atoms with Crippen LogP contribution >= 0.6 is 0 Å². The summed E-state index contributed by atoms with van der Waals surface area (Å²) >= 11 is 0. The molecule has 13 heteroatoms. The molecular weight excluding hydrogens is 434 g/mol. The molecule has 0 saturated carbocycles. The summed E-state index contributed by atoms with van der Waals surface area (Å²) in [5.74, 6) is -1.21. The molecule has 0 aliphatic carbocycles. The number of hydrogen-bond acceptors (Lipinski definition) is 6. The van der Waals surface area contributed by atoms with E-state index >= 15 is 0 Å². The van der Waals surface area contributed by atoms with Gasteiger partial charge in [0.2, 0.25) is 0 Å². The van der Waals surface area contributed by atoms with E-state index in [1.54, 1.807) is 0 Å². The van der Waals surface area contributed by atoms with Crippen molar-refractivity contribution in [3.63, 3.8) is 0 Å². The molecule has 0 radical (unpaired) electrons. The Morgan fingerprint density at radius 3 is 2.32 bits per heavy atom. The average molecular weight is 446 g/mol. The first-order valence-corrected chi connectivity index (χ1v) is 8.37. The van der Waals surface area contributed by atoms with Gasteiger partial charge in [0.15, 0.2) is 5.69 Å². The molecule has 7 nitrogen and oxygen atoms in total. The highest BCUT2D eigenvalue weighted by atomic mass is 19.4. The van der Waals surface area contributed by atoms with Gasteiger partial charge >= 0.3 is 18.3 Å². The number of anilines is 1. The van der Waals surface area contributed by atoms with Gasteiger partial charge in [0, 0.05) is 18.6 Å². The maximum atomic E-state index is 13.5. The third-order valence-corrected chi connectivity index (χ3v) is 4.25. The maximum absolute atomic E-state index is 13.5. The highest BCUT2D eigenvalue weighted by Crippen LogP contribution is 2.35. The molecule has 164 valence electrons. The van der Waals surface area contributed by atoms with E-state index in [1.165, 1.54) is 7.05 Å². The largest absolute Gasteiger partial charge is 0.465 e. The van der Waals surface area contributed by atoms with E-state index in [4.69, 9.17) is 0 Å². The Kier molecular flexibility index (Phi) is 5.38. The van der Waals surface area contributed by atoms with E-state index in [2.05, 4.69) is 20.0 Å². The Balaban J connectivity index is 2.61. The van der Waals surface area contributed by atoms with Crippen molar-refractivity contribution < 1.29 is 35.9 Å². The lowest BCUT2D eigenvalue weighted by molar-refractivity contribution is -0.142. The van der Waals surface area contributed by atoms with Crippen molar-refractivity contribution in [3.05, 3.63) is 57.8 Å². The van der Waals surface area contributed by atoms with Gasteiger partial charge in [-0.05, 0) is 24.3 Å². The van der Waals surface area contributed by atoms with Crippen LogP contribution in [0, 0.1) is 0 Å². The van der Waals surface area contributed by atoms with Crippen molar-refractivity contribution >= 4 is 22.7 Å². The summed E-state index contributed by atoms with van der Waals surface area (Å²) < 4.78 is 85.1. The van der Waals surface area contributed by atoms with Crippen LogP contribution in [-0.2, 0) is 17.1 Å². The monoisotopic (exact) mass is 446 g/mol. The topological polar surface area (TPSA) is 86.1 Å². The molecule has 3 heterocycles. The SMILES string of the molecule is CNc1c(C(=O)OC)c(=O)n(-c2cccnc2C(F)(F)F)c2nc(C(F)(F)F)ccc12. The average Bonchev–Trinajstić information content (AvgIpc) is 2.70. The second-order valence-electron chi connectivity index (χ2n) is 6.07. The van der Waals surface area contributed by atoms with Gasteiger partial charge in [-0.1, -0.05) is 0 Å². The summed E-state index contributed by atoms with van der Waals surface area (Å²) in [6.07, 6.45) is -9.20.